The minimum atomic E-state index is -0.430. The van der Waals surface area contributed by atoms with Crippen LogP contribution in [0.1, 0.15) is 29.9 Å². The van der Waals surface area contributed by atoms with Gasteiger partial charge in [-0.2, -0.15) is 0 Å². The largest absolute Gasteiger partial charge is 0.370 e. The van der Waals surface area contributed by atoms with Crippen molar-refractivity contribution in [1.82, 2.24) is 5.32 Å². The maximum absolute atomic E-state index is 13.2. The summed E-state index contributed by atoms with van der Waals surface area (Å²) in [5.41, 5.74) is 3.90. The van der Waals surface area contributed by atoms with Crippen molar-refractivity contribution in [2.75, 3.05) is 23.3 Å². The smallest absolute Gasteiger partial charge is 0.238 e. The SMILES string of the molecule is O=C(NC(=S)Nc1ccccc1N1CCCC1)C(c1ccccc1)c1ccccc1. The molecule has 0 unspecified atom stereocenters. The van der Waals surface area contributed by atoms with Crippen molar-refractivity contribution in [2.45, 2.75) is 18.8 Å². The summed E-state index contributed by atoms with van der Waals surface area (Å²) in [6.45, 7) is 2.09. The highest BCUT2D eigenvalue weighted by Gasteiger charge is 2.24. The molecule has 1 heterocycles. The first-order chi connectivity index (χ1) is 14.7. The first-order valence-electron chi connectivity index (χ1n) is 10.3. The molecule has 0 radical (unpaired) electrons. The average molecular weight is 416 g/mol. The van der Waals surface area contributed by atoms with E-state index in [0.29, 0.717) is 5.11 Å². The van der Waals surface area contributed by atoms with Crippen LogP contribution in [0.25, 0.3) is 0 Å². The van der Waals surface area contributed by atoms with Gasteiger partial charge >= 0.3 is 0 Å². The molecule has 3 aromatic rings. The van der Waals surface area contributed by atoms with Crippen LogP contribution >= 0.6 is 12.2 Å². The number of thiocarbonyl (C=S) groups is 1. The number of hydrogen-bond donors (Lipinski definition) is 2. The quantitative estimate of drug-likeness (QED) is 0.580. The molecule has 1 amide bonds. The Morgan fingerprint density at radius 1 is 0.800 bits per heavy atom. The van der Waals surface area contributed by atoms with Crippen molar-refractivity contribution in [3.8, 4) is 0 Å². The number of carbonyl (C=O) groups is 1. The normalized spacial score (nSPS) is 13.3. The van der Waals surface area contributed by atoms with Gasteiger partial charge in [-0.3, -0.25) is 4.79 Å². The van der Waals surface area contributed by atoms with E-state index in [1.807, 2.05) is 78.9 Å². The summed E-state index contributed by atoms with van der Waals surface area (Å²) in [5.74, 6) is -0.579. The zero-order valence-electron chi connectivity index (χ0n) is 16.8. The van der Waals surface area contributed by atoms with E-state index in [1.165, 1.54) is 12.8 Å². The Hall–Kier alpha value is -3.18. The van der Waals surface area contributed by atoms with Gasteiger partial charge in [-0.15, -0.1) is 0 Å². The van der Waals surface area contributed by atoms with E-state index in [0.717, 1.165) is 35.6 Å². The fourth-order valence-corrected chi connectivity index (χ4v) is 4.15. The number of amides is 1. The molecule has 1 aliphatic heterocycles. The van der Waals surface area contributed by atoms with Crippen LogP contribution in [0.4, 0.5) is 11.4 Å². The molecule has 2 N–H and O–H groups in total. The van der Waals surface area contributed by atoms with E-state index in [1.54, 1.807) is 0 Å². The van der Waals surface area contributed by atoms with E-state index in [-0.39, 0.29) is 5.91 Å². The lowest BCUT2D eigenvalue weighted by Crippen LogP contribution is -2.38. The third kappa shape index (κ3) is 4.69. The summed E-state index contributed by atoms with van der Waals surface area (Å²) in [6.07, 6.45) is 2.40. The van der Waals surface area contributed by atoms with Gasteiger partial charge in [0.05, 0.1) is 17.3 Å². The Morgan fingerprint density at radius 2 is 1.33 bits per heavy atom. The van der Waals surface area contributed by atoms with E-state index in [2.05, 4.69) is 21.6 Å². The molecule has 3 aromatic carbocycles. The van der Waals surface area contributed by atoms with Gasteiger partial charge in [0.25, 0.3) is 0 Å². The van der Waals surface area contributed by atoms with E-state index >= 15 is 0 Å². The molecule has 1 fully saturated rings. The summed E-state index contributed by atoms with van der Waals surface area (Å²) in [4.78, 5) is 15.6. The topological polar surface area (TPSA) is 44.4 Å². The van der Waals surface area contributed by atoms with Gasteiger partial charge < -0.3 is 15.5 Å². The number of benzene rings is 3. The van der Waals surface area contributed by atoms with Gasteiger partial charge in [-0.05, 0) is 48.3 Å². The first kappa shape index (κ1) is 20.1. The maximum Gasteiger partial charge on any atom is 0.238 e. The Morgan fingerprint density at radius 3 is 1.93 bits per heavy atom. The second-order valence-corrected chi connectivity index (χ2v) is 7.82. The fraction of sp³-hybridized carbons (Fsp3) is 0.200. The summed E-state index contributed by atoms with van der Waals surface area (Å²) >= 11 is 5.50. The lowest BCUT2D eigenvalue weighted by molar-refractivity contribution is -0.120. The van der Waals surface area contributed by atoms with E-state index in [9.17, 15) is 4.79 Å². The Labute approximate surface area is 182 Å². The van der Waals surface area contributed by atoms with Gasteiger partial charge in [0, 0.05) is 13.1 Å². The lowest BCUT2D eigenvalue weighted by atomic mass is 9.90. The number of hydrogen-bond acceptors (Lipinski definition) is 3. The molecule has 0 aliphatic carbocycles. The molecule has 0 aromatic heterocycles. The predicted molar refractivity (Wildman–Crippen MR) is 127 cm³/mol. The Bertz CT molecular complexity index is 962. The lowest BCUT2D eigenvalue weighted by Gasteiger charge is -2.23. The fourth-order valence-electron chi connectivity index (χ4n) is 3.94. The number of nitrogens with one attached hydrogen (secondary N) is 2. The summed E-state index contributed by atoms with van der Waals surface area (Å²) < 4.78 is 0. The standard InChI is InChI=1S/C25H25N3OS/c29-24(23(19-11-3-1-4-12-19)20-13-5-2-6-14-20)27-25(30)26-21-15-7-8-16-22(21)28-17-9-10-18-28/h1-8,11-16,23H,9-10,17-18H2,(H2,26,27,29,30). The van der Waals surface area contributed by atoms with Gasteiger partial charge in [-0.25, -0.2) is 0 Å². The number of nitrogens with zero attached hydrogens (tertiary/aromatic N) is 1. The molecule has 0 atom stereocenters. The van der Waals surface area contributed by atoms with E-state index in [4.69, 9.17) is 12.2 Å². The molecular formula is C25H25N3OS. The highest BCUT2D eigenvalue weighted by molar-refractivity contribution is 7.80. The highest BCUT2D eigenvalue weighted by atomic mass is 32.1. The number of carbonyl (C=O) groups excluding carboxylic acids is 1. The highest BCUT2D eigenvalue weighted by Crippen LogP contribution is 2.29. The van der Waals surface area contributed by atoms with Crippen LogP contribution in [0.3, 0.4) is 0 Å². The van der Waals surface area contributed by atoms with Crippen LogP contribution in [0.5, 0.6) is 0 Å². The third-order valence-corrected chi connectivity index (χ3v) is 5.57. The number of anilines is 2. The van der Waals surface area contributed by atoms with Crippen molar-refractivity contribution < 1.29 is 4.79 Å². The van der Waals surface area contributed by atoms with Crippen LogP contribution < -0.4 is 15.5 Å². The zero-order chi connectivity index (χ0) is 20.8. The minimum Gasteiger partial charge on any atom is -0.370 e. The second kappa shape index (κ2) is 9.55. The molecular weight excluding hydrogens is 390 g/mol. The van der Waals surface area contributed by atoms with E-state index < -0.39 is 5.92 Å². The van der Waals surface area contributed by atoms with Crippen LogP contribution in [0.2, 0.25) is 0 Å². The number of rotatable bonds is 5. The third-order valence-electron chi connectivity index (χ3n) is 5.36. The molecule has 1 aliphatic rings. The molecule has 4 nitrogen and oxygen atoms in total. The Balaban J connectivity index is 1.52. The van der Waals surface area contributed by atoms with Gasteiger partial charge in [0.1, 0.15) is 0 Å². The molecule has 0 spiro atoms. The second-order valence-electron chi connectivity index (χ2n) is 7.41. The van der Waals surface area contributed by atoms with Crippen LogP contribution in [-0.4, -0.2) is 24.1 Å². The summed E-state index contributed by atoms with van der Waals surface area (Å²) in [5, 5.41) is 6.45. The monoisotopic (exact) mass is 415 g/mol. The average Bonchev–Trinajstić information content (AvgIpc) is 3.30. The van der Waals surface area contributed by atoms with Crippen molar-refractivity contribution >= 4 is 34.6 Å². The molecule has 30 heavy (non-hydrogen) atoms. The van der Waals surface area contributed by atoms with Crippen LogP contribution in [0, 0.1) is 0 Å². The summed E-state index contributed by atoms with van der Waals surface area (Å²) in [7, 11) is 0. The van der Waals surface area contributed by atoms with Crippen molar-refractivity contribution in [3.05, 3.63) is 96.1 Å². The van der Waals surface area contributed by atoms with Gasteiger partial charge in [0.2, 0.25) is 5.91 Å². The molecule has 0 bridgehead atoms. The minimum absolute atomic E-state index is 0.149. The van der Waals surface area contributed by atoms with Gasteiger partial charge in [-0.1, -0.05) is 72.8 Å². The summed E-state index contributed by atoms with van der Waals surface area (Å²) in [6, 6.07) is 27.7. The molecule has 4 rings (SSSR count). The maximum atomic E-state index is 13.2. The number of para-hydroxylation sites is 2. The van der Waals surface area contributed by atoms with Gasteiger partial charge in [0.15, 0.2) is 5.11 Å². The molecule has 152 valence electrons. The van der Waals surface area contributed by atoms with Crippen LogP contribution in [0.15, 0.2) is 84.9 Å². The first-order valence-corrected chi connectivity index (χ1v) is 10.7. The predicted octanol–water partition coefficient (Wildman–Crippen LogP) is 4.93. The van der Waals surface area contributed by atoms with Crippen molar-refractivity contribution in [2.24, 2.45) is 0 Å². The van der Waals surface area contributed by atoms with Crippen molar-refractivity contribution in [1.29, 1.82) is 0 Å². The molecule has 1 saturated heterocycles. The molecule has 5 heteroatoms. The zero-order valence-corrected chi connectivity index (χ0v) is 17.6. The Kier molecular flexibility index (Phi) is 6.40. The van der Waals surface area contributed by atoms with Crippen molar-refractivity contribution in [3.63, 3.8) is 0 Å². The van der Waals surface area contributed by atoms with Crippen LogP contribution in [-0.2, 0) is 4.79 Å². The molecule has 0 saturated carbocycles.